The van der Waals surface area contributed by atoms with E-state index in [1.54, 1.807) is 0 Å². The van der Waals surface area contributed by atoms with E-state index in [1.807, 2.05) is 21.6 Å². The fraction of sp³-hybridized carbons (Fsp3) is 0.900. The first-order chi connectivity index (χ1) is 12.7. The van der Waals surface area contributed by atoms with Crippen molar-refractivity contribution in [3.05, 3.63) is 0 Å². The van der Waals surface area contributed by atoms with Crippen LogP contribution >= 0.6 is 21.6 Å². The van der Waals surface area contributed by atoms with Gasteiger partial charge in [-0.25, -0.2) is 0 Å². The molecule has 1 aliphatic heterocycles. The quantitative estimate of drug-likeness (QED) is 0.196. The maximum Gasteiger partial charge on any atom is 0.305 e. The number of carboxylic acid groups (broad SMARTS) is 1. The average Bonchev–Trinajstić information content (AvgIpc) is 3.13. The lowest BCUT2D eigenvalue weighted by Crippen LogP contribution is -2.21. The Balaban J connectivity index is 1.74. The predicted molar refractivity (Wildman–Crippen MR) is 109 cm³/mol. The SMILES string of the molecule is O=C([O-])CCCCCCCCCCCOC(=O)CCCCC1CCSS1. The van der Waals surface area contributed by atoms with Crippen LogP contribution < -0.4 is 5.11 Å². The Morgan fingerprint density at radius 2 is 1.46 bits per heavy atom. The van der Waals surface area contributed by atoms with Gasteiger partial charge in [-0.1, -0.05) is 73.0 Å². The van der Waals surface area contributed by atoms with E-state index in [-0.39, 0.29) is 12.4 Å². The minimum absolute atomic E-state index is 0.0324. The molecule has 1 unspecified atom stereocenters. The second kappa shape index (κ2) is 16.8. The molecule has 0 amide bonds. The summed E-state index contributed by atoms with van der Waals surface area (Å²) >= 11 is 0. The van der Waals surface area contributed by atoms with E-state index in [4.69, 9.17) is 4.74 Å². The maximum absolute atomic E-state index is 11.7. The van der Waals surface area contributed by atoms with Crippen LogP contribution in [0, 0.1) is 0 Å². The summed E-state index contributed by atoms with van der Waals surface area (Å²) in [5.41, 5.74) is 0. The lowest BCUT2D eigenvalue weighted by Gasteiger charge is -2.07. The molecule has 0 spiro atoms. The van der Waals surface area contributed by atoms with Gasteiger partial charge < -0.3 is 14.6 Å². The highest BCUT2D eigenvalue weighted by atomic mass is 33.1. The third-order valence-corrected chi connectivity index (χ3v) is 7.68. The largest absolute Gasteiger partial charge is 0.550 e. The van der Waals surface area contributed by atoms with Crippen LogP contribution in [-0.2, 0) is 14.3 Å². The van der Waals surface area contributed by atoms with Crippen molar-refractivity contribution in [2.45, 2.75) is 102 Å². The molecule has 1 saturated heterocycles. The highest BCUT2D eigenvalue weighted by molar-refractivity contribution is 8.77. The van der Waals surface area contributed by atoms with E-state index in [2.05, 4.69) is 0 Å². The Kier molecular flexibility index (Phi) is 15.3. The predicted octanol–water partition coefficient (Wildman–Crippen LogP) is 4.89. The van der Waals surface area contributed by atoms with E-state index in [0.717, 1.165) is 50.2 Å². The molecule has 26 heavy (non-hydrogen) atoms. The van der Waals surface area contributed by atoms with E-state index in [0.29, 0.717) is 13.0 Å². The molecule has 6 heteroatoms. The number of esters is 1. The molecule has 1 aliphatic rings. The molecule has 0 saturated carbocycles. The van der Waals surface area contributed by atoms with Gasteiger partial charge in [0.15, 0.2) is 0 Å². The Labute approximate surface area is 167 Å². The van der Waals surface area contributed by atoms with Gasteiger partial charge in [-0.2, -0.15) is 0 Å². The van der Waals surface area contributed by atoms with Crippen LogP contribution in [-0.4, -0.2) is 29.5 Å². The third-order valence-electron chi connectivity index (χ3n) is 4.67. The summed E-state index contributed by atoms with van der Waals surface area (Å²) in [5, 5.41) is 11.1. The number of carbonyl (C=O) groups excluding carboxylic acids is 2. The average molecular weight is 404 g/mol. The first-order valence-electron chi connectivity index (χ1n) is 10.3. The molecule has 1 fully saturated rings. The van der Waals surface area contributed by atoms with Crippen LogP contribution in [0.2, 0.25) is 0 Å². The highest BCUT2D eigenvalue weighted by Crippen LogP contribution is 2.39. The molecule has 0 aliphatic carbocycles. The summed E-state index contributed by atoms with van der Waals surface area (Å²) in [4.78, 5) is 21.9. The molecule has 152 valence electrons. The van der Waals surface area contributed by atoms with Crippen LogP contribution in [0.4, 0.5) is 0 Å². The topological polar surface area (TPSA) is 66.4 Å². The van der Waals surface area contributed by atoms with Crippen molar-refractivity contribution in [3.63, 3.8) is 0 Å². The maximum atomic E-state index is 11.7. The van der Waals surface area contributed by atoms with Gasteiger partial charge in [0, 0.05) is 23.4 Å². The van der Waals surface area contributed by atoms with E-state index >= 15 is 0 Å². The van der Waals surface area contributed by atoms with Gasteiger partial charge in [-0.15, -0.1) is 0 Å². The molecule has 1 heterocycles. The van der Waals surface area contributed by atoms with E-state index in [1.165, 1.54) is 44.3 Å². The van der Waals surface area contributed by atoms with Crippen molar-refractivity contribution in [3.8, 4) is 0 Å². The Morgan fingerprint density at radius 1 is 0.846 bits per heavy atom. The second-order valence-electron chi connectivity index (χ2n) is 7.10. The number of rotatable bonds is 17. The highest BCUT2D eigenvalue weighted by Gasteiger charge is 2.15. The lowest BCUT2D eigenvalue weighted by molar-refractivity contribution is -0.305. The van der Waals surface area contributed by atoms with Crippen molar-refractivity contribution < 1.29 is 19.4 Å². The number of aliphatic carboxylic acids is 1. The lowest BCUT2D eigenvalue weighted by atomic mass is 10.1. The summed E-state index contributed by atoms with van der Waals surface area (Å²) in [6.45, 7) is 0.567. The van der Waals surface area contributed by atoms with Gasteiger partial charge in [0.25, 0.3) is 0 Å². The van der Waals surface area contributed by atoms with Crippen molar-refractivity contribution in [1.29, 1.82) is 0 Å². The monoisotopic (exact) mass is 403 g/mol. The molecule has 1 atom stereocenters. The Morgan fingerprint density at radius 3 is 2.08 bits per heavy atom. The second-order valence-corrected chi connectivity index (χ2v) is 9.89. The zero-order valence-electron chi connectivity index (χ0n) is 16.0. The Hall–Kier alpha value is -0.360. The minimum atomic E-state index is -0.937. The molecule has 0 aromatic carbocycles. The summed E-state index contributed by atoms with van der Waals surface area (Å²) in [6.07, 6.45) is 15.1. The fourth-order valence-corrected chi connectivity index (χ4v) is 6.10. The van der Waals surface area contributed by atoms with Gasteiger partial charge in [0.05, 0.1) is 6.61 Å². The number of carbonyl (C=O) groups is 2. The van der Waals surface area contributed by atoms with E-state index in [9.17, 15) is 14.7 Å². The number of ether oxygens (including phenoxy) is 1. The number of hydrogen-bond donors (Lipinski definition) is 0. The van der Waals surface area contributed by atoms with Crippen LogP contribution in [0.3, 0.4) is 0 Å². The normalized spacial score (nSPS) is 16.7. The number of hydrogen-bond acceptors (Lipinski definition) is 6. The fourth-order valence-electron chi connectivity index (χ4n) is 3.07. The molecule has 1 rings (SSSR count). The van der Waals surface area contributed by atoms with Crippen molar-refractivity contribution in [2.75, 3.05) is 12.4 Å². The molecule has 0 N–H and O–H groups in total. The Bertz CT molecular complexity index is 371. The molecule has 4 nitrogen and oxygen atoms in total. The van der Waals surface area contributed by atoms with Gasteiger partial charge in [0.1, 0.15) is 0 Å². The summed E-state index contributed by atoms with van der Waals surface area (Å²) in [5.74, 6) is 0.310. The smallest absolute Gasteiger partial charge is 0.305 e. The van der Waals surface area contributed by atoms with Crippen molar-refractivity contribution in [1.82, 2.24) is 0 Å². The number of carboxylic acids is 1. The van der Waals surface area contributed by atoms with Gasteiger partial charge in [0.2, 0.25) is 0 Å². The summed E-state index contributed by atoms with van der Waals surface area (Å²) in [6, 6.07) is 0. The molecule has 0 aromatic rings. The van der Waals surface area contributed by atoms with Gasteiger partial charge in [-0.3, -0.25) is 4.79 Å². The first-order valence-corrected chi connectivity index (χ1v) is 12.7. The van der Waals surface area contributed by atoms with E-state index < -0.39 is 5.97 Å². The van der Waals surface area contributed by atoms with Crippen molar-refractivity contribution in [2.24, 2.45) is 0 Å². The summed E-state index contributed by atoms with van der Waals surface area (Å²) < 4.78 is 5.30. The van der Waals surface area contributed by atoms with Crippen LogP contribution in [0.15, 0.2) is 0 Å². The molecular weight excluding hydrogens is 368 g/mol. The minimum Gasteiger partial charge on any atom is -0.550 e. The molecular formula is C20H35O4S2-. The molecule has 0 bridgehead atoms. The zero-order valence-corrected chi connectivity index (χ0v) is 17.7. The molecule has 0 aromatic heterocycles. The van der Waals surface area contributed by atoms with Crippen LogP contribution in [0.5, 0.6) is 0 Å². The standard InChI is InChI=1S/C20H36O4S2/c21-19(22)13-8-6-4-2-1-3-5-7-11-16-24-20(23)14-10-9-12-18-15-17-25-26-18/h18H,1-17H2,(H,21,22)/p-1. The number of unbranched alkanes of at least 4 members (excludes halogenated alkanes) is 9. The van der Waals surface area contributed by atoms with Crippen LogP contribution in [0.1, 0.15) is 96.3 Å². The van der Waals surface area contributed by atoms with Gasteiger partial charge in [-0.05, 0) is 38.5 Å². The van der Waals surface area contributed by atoms with Crippen molar-refractivity contribution >= 4 is 33.5 Å². The zero-order chi connectivity index (χ0) is 18.9. The van der Waals surface area contributed by atoms with Gasteiger partial charge >= 0.3 is 5.97 Å². The first kappa shape index (κ1) is 23.7. The third kappa shape index (κ3) is 14.8. The summed E-state index contributed by atoms with van der Waals surface area (Å²) in [7, 11) is 3.98. The van der Waals surface area contributed by atoms with Crippen LogP contribution in [0.25, 0.3) is 0 Å². The molecule has 0 radical (unpaired) electrons.